The van der Waals surface area contributed by atoms with Gasteiger partial charge in [0.1, 0.15) is 5.82 Å². The Morgan fingerprint density at radius 2 is 1.88 bits per heavy atom. The monoisotopic (exact) mass is 452 g/mol. The van der Waals surface area contributed by atoms with Crippen molar-refractivity contribution in [2.75, 3.05) is 6.54 Å². The van der Waals surface area contributed by atoms with Crippen LogP contribution in [0.1, 0.15) is 71.4 Å². The van der Waals surface area contributed by atoms with Gasteiger partial charge in [0.25, 0.3) is 5.91 Å². The molecule has 0 N–H and O–H groups in total. The number of benzene rings is 2. The molecule has 4 heteroatoms. The zero-order valence-electron chi connectivity index (χ0n) is 19.7. The fourth-order valence-electron chi connectivity index (χ4n) is 5.48. The number of aromatic nitrogens is 1. The summed E-state index contributed by atoms with van der Waals surface area (Å²) in [7, 11) is 0. The highest BCUT2D eigenvalue weighted by Crippen LogP contribution is 2.41. The van der Waals surface area contributed by atoms with Crippen LogP contribution in [0.5, 0.6) is 0 Å². The molecular weight excluding hydrogens is 423 g/mol. The quantitative estimate of drug-likeness (QED) is 0.329. The van der Waals surface area contributed by atoms with E-state index in [4.69, 9.17) is 0 Å². The van der Waals surface area contributed by atoms with Crippen LogP contribution in [0, 0.1) is 5.82 Å². The molecule has 172 valence electrons. The molecule has 2 aliphatic rings. The summed E-state index contributed by atoms with van der Waals surface area (Å²) in [5, 5.41) is 0. The van der Waals surface area contributed by atoms with Crippen molar-refractivity contribution in [3.05, 3.63) is 101 Å². The number of hydrogen-bond donors (Lipinski definition) is 0. The minimum Gasteiger partial charge on any atom is -0.332 e. The van der Waals surface area contributed by atoms with Gasteiger partial charge in [-0.3, -0.25) is 4.79 Å². The van der Waals surface area contributed by atoms with Crippen LogP contribution < -0.4 is 0 Å². The van der Waals surface area contributed by atoms with E-state index in [1.54, 1.807) is 6.07 Å². The lowest BCUT2D eigenvalue weighted by atomic mass is 9.93. The van der Waals surface area contributed by atoms with Gasteiger partial charge >= 0.3 is 0 Å². The molecule has 3 nitrogen and oxygen atoms in total. The van der Waals surface area contributed by atoms with E-state index in [9.17, 15) is 9.18 Å². The van der Waals surface area contributed by atoms with Crippen molar-refractivity contribution < 1.29 is 9.18 Å². The summed E-state index contributed by atoms with van der Waals surface area (Å²) in [6.45, 7) is 4.92. The highest BCUT2D eigenvalue weighted by molar-refractivity contribution is 5.96. The van der Waals surface area contributed by atoms with Crippen LogP contribution in [0.3, 0.4) is 0 Å². The Morgan fingerprint density at radius 3 is 2.65 bits per heavy atom. The number of rotatable bonds is 4. The predicted octanol–water partition coefficient (Wildman–Crippen LogP) is 6.94. The molecule has 2 aromatic carbocycles. The number of pyridine rings is 1. The molecule has 0 radical (unpaired) electrons. The Kier molecular flexibility index (Phi) is 5.05. The van der Waals surface area contributed by atoms with E-state index in [1.165, 1.54) is 11.1 Å². The standard InChI is InChI=1S/C30H29FN2O/c1-3-25-14-23(30(34)32-13-12-21-6-4-5-7-27(21)19(32)2)15-26-16-24(18-33(25)26)28-11-10-22(17-29(28)31)20-8-9-20/h4-7,10-11,14-20H,3,8-9,12-13H2,1-2H3/t19-/m1/s1. The number of hydrogen-bond acceptors (Lipinski definition) is 1. The second-order valence-corrected chi connectivity index (χ2v) is 9.75. The van der Waals surface area contributed by atoms with Crippen LogP contribution >= 0.6 is 0 Å². The molecule has 0 bridgehead atoms. The molecular formula is C30H29FN2O. The van der Waals surface area contributed by atoms with Crippen molar-refractivity contribution in [2.45, 2.75) is 51.5 Å². The first-order valence-corrected chi connectivity index (χ1v) is 12.4. The van der Waals surface area contributed by atoms with Crippen LogP contribution in [0.2, 0.25) is 0 Å². The molecule has 1 saturated carbocycles. The maximum atomic E-state index is 15.0. The minimum absolute atomic E-state index is 0.0418. The molecule has 1 atom stereocenters. The van der Waals surface area contributed by atoms with Gasteiger partial charge in [0.15, 0.2) is 0 Å². The second-order valence-electron chi connectivity index (χ2n) is 9.75. The maximum absolute atomic E-state index is 15.0. The fourth-order valence-corrected chi connectivity index (χ4v) is 5.48. The number of aryl methyl sites for hydroxylation is 1. The van der Waals surface area contributed by atoms with E-state index in [1.807, 2.05) is 41.4 Å². The van der Waals surface area contributed by atoms with E-state index in [-0.39, 0.29) is 17.8 Å². The predicted molar refractivity (Wildman–Crippen MR) is 134 cm³/mol. The van der Waals surface area contributed by atoms with Gasteiger partial charge in [0.2, 0.25) is 0 Å². The van der Waals surface area contributed by atoms with Gasteiger partial charge in [0.05, 0.1) is 6.04 Å². The SMILES string of the molecule is CCc1cc(C(=O)N2CCc3ccccc3[C@H]2C)cc2cc(-c3ccc(C4CC4)cc3F)cn12. The molecule has 1 aliphatic heterocycles. The van der Waals surface area contributed by atoms with Crippen molar-refractivity contribution in [2.24, 2.45) is 0 Å². The fraction of sp³-hybridized carbons (Fsp3) is 0.300. The third-order valence-electron chi connectivity index (χ3n) is 7.60. The van der Waals surface area contributed by atoms with Crippen LogP contribution in [-0.2, 0) is 12.8 Å². The summed E-state index contributed by atoms with van der Waals surface area (Å²) in [4.78, 5) is 15.6. The molecule has 6 rings (SSSR count). The summed E-state index contributed by atoms with van der Waals surface area (Å²) < 4.78 is 17.1. The lowest BCUT2D eigenvalue weighted by molar-refractivity contribution is 0.0677. The summed E-state index contributed by atoms with van der Waals surface area (Å²) in [6.07, 6.45) is 5.98. The largest absolute Gasteiger partial charge is 0.332 e. The van der Waals surface area contributed by atoms with Gasteiger partial charge in [-0.05, 0) is 79.5 Å². The van der Waals surface area contributed by atoms with Gasteiger partial charge in [-0.1, -0.05) is 43.3 Å². The highest BCUT2D eigenvalue weighted by Gasteiger charge is 2.29. The Balaban J connectivity index is 1.36. The number of amides is 1. The number of fused-ring (bicyclic) bond motifs is 2. The normalized spacial score (nSPS) is 17.7. The molecule has 0 saturated heterocycles. The Morgan fingerprint density at radius 1 is 1.06 bits per heavy atom. The average Bonchev–Trinajstić information content (AvgIpc) is 3.62. The van der Waals surface area contributed by atoms with Crippen molar-refractivity contribution >= 4 is 11.4 Å². The van der Waals surface area contributed by atoms with Crippen molar-refractivity contribution in [3.8, 4) is 11.1 Å². The Labute approximate surface area is 199 Å². The van der Waals surface area contributed by atoms with Crippen LogP contribution in [-0.4, -0.2) is 21.8 Å². The van der Waals surface area contributed by atoms with Crippen molar-refractivity contribution in [1.29, 1.82) is 0 Å². The lowest BCUT2D eigenvalue weighted by Crippen LogP contribution is -2.38. The first-order chi connectivity index (χ1) is 16.5. The summed E-state index contributed by atoms with van der Waals surface area (Å²) in [5.74, 6) is 0.415. The molecule has 4 aromatic rings. The van der Waals surface area contributed by atoms with E-state index in [0.717, 1.165) is 48.0 Å². The molecule has 1 amide bonds. The van der Waals surface area contributed by atoms with E-state index >= 15 is 0 Å². The second kappa shape index (κ2) is 8.12. The molecule has 1 aliphatic carbocycles. The molecule has 1 fully saturated rings. The Bertz CT molecular complexity index is 1410. The van der Waals surface area contributed by atoms with Crippen LogP contribution in [0.15, 0.2) is 66.9 Å². The lowest BCUT2D eigenvalue weighted by Gasteiger charge is -2.35. The van der Waals surface area contributed by atoms with Crippen LogP contribution in [0.4, 0.5) is 4.39 Å². The first kappa shape index (κ1) is 21.2. The molecule has 0 unspecified atom stereocenters. The summed E-state index contributed by atoms with van der Waals surface area (Å²) in [5.41, 5.74) is 7.79. The molecule has 2 aromatic heterocycles. The van der Waals surface area contributed by atoms with Gasteiger partial charge in [-0.2, -0.15) is 0 Å². The number of halogens is 1. The molecule has 34 heavy (non-hydrogen) atoms. The van der Waals surface area contributed by atoms with Gasteiger partial charge < -0.3 is 9.30 Å². The average molecular weight is 453 g/mol. The van der Waals surface area contributed by atoms with Crippen molar-refractivity contribution in [3.63, 3.8) is 0 Å². The third-order valence-corrected chi connectivity index (χ3v) is 7.60. The number of carbonyl (C=O) groups is 1. The highest BCUT2D eigenvalue weighted by atomic mass is 19.1. The molecule has 3 heterocycles. The zero-order valence-corrected chi connectivity index (χ0v) is 19.7. The first-order valence-electron chi connectivity index (χ1n) is 12.4. The summed E-state index contributed by atoms with van der Waals surface area (Å²) >= 11 is 0. The summed E-state index contributed by atoms with van der Waals surface area (Å²) in [6, 6.07) is 20.1. The third kappa shape index (κ3) is 3.53. The van der Waals surface area contributed by atoms with E-state index in [0.29, 0.717) is 23.6 Å². The molecule has 0 spiro atoms. The van der Waals surface area contributed by atoms with Crippen LogP contribution in [0.25, 0.3) is 16.6 Å². The minimum atomic E-state index is -0.171. The van der Waals surface area contributed by atoms with Crippen molar-refractivity contribution in [1.82, 2.24) is 9.30 Å². The van der Waals surface area contributed by atoms with E-state index in [2.05, 4.69) is 42.5 Å². The smallest absolute Gasteiger partial charge is 0.254 e. The zero-order chi connectivity index (χ0) is 23.4. The van der Waals surface area contributed by atoms with E-state index < -0.39 is 0 Å². The van der Waals surface area contributed by atoms with Gasteiger partial charge in [-0.25, -0.2) is 4.39 Å². The maximum Gasteiger partial charge on any atom is 0.254 e. The number of nitrogens with zero attached hydrogens (tertiary/aromatic N) is 2. The topological polar surface area (TPSA) is 24.7 Å². The van der Waals surface area contributed by atoms with Gasteiger partial charge in [-0.15, -0.1) is 0 Å². The number of carbonyl (C=O) groups excluding carboxylic acids is 1. The van der Waals surface area contributed by atoms with Gasteiger partial charge in [0, 0.05) is 40.6 Å². The Hall–Kier alpha value is -3.40.